The highest BCUT2D eigenvalue weighted by molar-refractivity contribution is 5.66. The van der Waals surface area contributed by atoms with Gasteiger partial charge in [0.2, 0.25) is 0 Å². The standard InChI is InChI=1S/C26H50O3/c27-25-23-21-19-17-15-13-11-9-7-5-3-1-2-4-6-8-10-12-14-16-18-20-22-24-26(28)29/h5,7,27H,1-4,6,8-25H2,(H,28,29)/b7-5+. The van der Waals surface area contributed by atoms with Crippen molar-refractivity contribution in [3.8, 4) is 0 Å². The Kier molecular flexibility index (Phi) is 24.5. The Morgan fingerprint density at radius 2 is 0.793 bits per heavy atom. The Morgan fingerprint density at radius 3 is 1.14 bits per heavy atom. The molecule has 0 spiro atoms. The van der Waals surface area contributed by atoms with Crippen LogP contribution in [0.25, 0.3) is 0 Å². The molecule has 0 aromatic heterocycles. The molecule has 0 bridgehead atoms. The van der Waals surface area contributed by atoms with Gasteiger partial charge in [0.15, 0.2) is 0 Å². The van der Waals surface area contributed by atoms with E-state index in [0.29, 0.717) is 13.0 Å². The van der Waals surface area contributed by atoms with Gasteiger partial charge in [0, 0.05) is 13.0 Å². The highest BCUT2D eigenvalue weighted by atomic mass is 16.4. The zero-order chi connectivity index (χ0) is 21.3. The second kappa shape index (κ2) is 25.2. The summed E-state index contributed by atoms with van der Waals surface area (Å²) in [5, 5.41) is 17.3. The summed E-state index contributed by atoms with van der Waals surface area (Å²) in [6.45, 7) is 0.352. The lowest BCUT2D eigenvalue weighted by Gasteiger charge is -2.02. The molecule has 0 amide bonds. The van der Waals surface area contributed by atoms with Gasteiger partial charge in [-0.25, -0.2) is 0 Å². The monoisotopic (exact) mass is 410 g/mol. The average Bonchev–Trinajstić information content (AvgIpc) is 2.71. The van der Waals surface area contributed by atoms with E-state index in [2.05, 4.69) is 12.2 Å². The van der Waals surface area contributed by atoms with Crippen LogP contribution in [0.3, 0.4) is 0 Å². The van der Waals surface area contributed by atoms with Gasteiger partial charge in [0.05, 0.1) is 0 Å². The van der Waals surface area contributed by atoms with Crippen LogP contribution in [0.5, 0.6) is 0 Å². The fourth-order valence-corrected chi connectivity index (χ4v) is 3.80. The van der Waals surface area contributed by atoms with Crippen LogP contribution >= 0.6 is 0 Å². The van der Waals surface area contributed by atoms with Gasteiger partial charge in [-0.2, -0.15) is 0 Å². The van der Waals surface area contributed by atoms with Crippen LogP contribution in [0.4, 0.5) is 0 Å². The maximum atomic E-state index is 10.4. The number of carboxylic acids is 1. The van der Waals surface area contributed by atoms with E-state index in [-0.39, 0.29) is 0 Å². The molecule has 0 aliphatic rings. The number of aliphatic hydroxyl groups is 1. The van der Waals surface area contributed by atoms with Crippen molar-refractivity contribution in [2.75, 3.05) is 6.61 Å². The van der Waals surface area contributed by atoms with Gasteiger partial charge in [-0.15, -0.1) is 0 Å². The van der Waals surface area contributed by atoms with Crippen LogP contribution in [-0.4, -0.2) is 22.8 Å². The third-order valence-electron chi connectivity index (χ3n) is 5.71. The van der Waals surface area contributed by atoms with Crippen LogP contribution in [0.1, 0.15) is 141 Å². The zero-order valence-corrected chi connectivity index (χ0v) is 19.2. The van der Waals surface area contributed by atoms with Crippen LogP contribution in [0.15, 0.2) is 12.2 Å². The molecule has 0 aromatic rings. The van der Waals surface area contributed by atoms with Crippen molar-refractivity contribution >= 4 is 5.97 Å². The molecule has 0 unspecified atom stereocenters. The minimum atomic E-state index is -0.658. The van der Waals surface area contributed by atoms with E-state index in [0.717, 1.165) is 19.3 Å². The molecule has 0 aromatic carbocycles. The van der Waals surface area contributed by atoms with Gasteiger partial charge in [0.1, 0.15) is 0 Å². The Morgan fingerprint density at radius 1 is 0.483 bits per heavy atom. The molecule has 0 saturated heterocycles. The summed E-state index contributed by atoms with van der Waals surface area (Å²) in [4.78, 5) is 10.4. The van der Waals surface area contributed by atoms with Crippen molar-refractivity contribution in [2.24, 2.45) is 0 Å². The molecule has 0 saturated carbocycles. The molecule has 3 nitrogen and oxygen atoms in total. The highest BCUT2D eigenvalue weighted by Crippen LogP contribution is 2.13. The number of carboxylic acid groups (broad SMARTS) is 1. The number of allylic oxidation sites excluding steroid dienone is 2. The molecule has 172 valence electrons. The Balaban J connectivity index is 3.07. The van der Waals surface area contributed by atoms with Crippen molar-refractivity contribution in [2.45, 2.75) is 141 Å². The smallest absolute Gasteiger partial charge is 0.303 e. The Bertz CT molecular complexity index is 352. The number of carbonyl (C=O) groups is 1. The minimum absolute atomic E-state index is 0.336. The topological polar surface area (TPSA) is 57.5 Å². The quantitative estimate of drug-likeness (QED) is 0.124. The second-order valence-electron chi connectivity index (χ2n) is 8.63. The van der Waals surface area contributed by atoms with Crippen molar-refractivity contribution in [1.82, 2.24) is 0 Å². The largest absolute Gasteiger partial charge is 0.481 e. The summed E-state index contributed by atoms with van der Waals surface area (Å²) in [6, 6.07) is 0. The van der Waals surface area contributed by atoms with Crippen molar-refractivity contribution in [1.29, 1.82) is 0 Å². The predicted octanol–water partition coefficient (Wildman–Crippen LogP) is 8.20. The summed E-state index contributed by atoms with van der Waals surface area (Å²) < 4.78 is 0. The van der Waals surface area contributed by atoms with Crippen molar-refractivity contribution in [3.05, 3.63) is 12.2 Å². The summed E-state index contributed by atoms with van der Waals surface area (Å²) in [7, 11) is 0. The molecule has 0 heterocycles. The molecule has 0 aliphatic carbocycles. The first kappa shape index (κ1) is 28.2. The number of unbranched alkanes of at least 4 members (excludes halogenated alkanes) is 19. The maximum Gasteiger partial charge on any atom is 0.303 e. The second-order valence-corrected chi connectivity index (χ2v) is 8.63. The normalized spacial score (nSPS) is 11.5. The predicted molar refractivity (Wildman–Crippen MR) is 125 cm³/mol. The summed E-state index contributed by atoms with van der Waals surface area (Å²) in [5.41, 5.74) is 0. The molecular formula is C26H50O3. The Labute approximate surface area is 181 Å². The van der Waals surface area contributed by atoms with E-state index >= 15 is 0 Å². The minimum Gasteiger partial charge on any atom is -0.481 e. The van der Waals surface area contributed by atoms with E-state index in [9.17, 15) is 4.79 Å². The van der Waals surface area contributed by atoms with E-state index in [4.69, 9.17) is 10.2 Å². The van der Waals surface area contributed by atoms with Gasteiger partial charge < -0.3 is 10.2 Å². The van der Waals surface area contributed by atoms with E-state index in [1.165, 1.54) is 116 Å². The van der Waals surface area contributed by atoms with Crippen molar-refractivity contribution < 1.29 is 15.0 Å². The molecule has 0 fully saturated rings. The fourth-order valence-electron chi connectivity index (χ4n) is 3.80. The van der Waals surface area contributed by atoms with Crippen molar-refractivity contribution in [3.63, 3.8) is 0 Å². The third-order valence-corrected chi connectivity index (χ3v) is 5.71. The van der Waals surface area contributed by atoms with Crippen LogP contribution in [0, 0.1) is 0 Å². The van der Waals surface area contributed by atoms with E-state index in [1.54, 1.807) is 0 Å². The lowest BCUT2D eigenvalue weighted by atomic mass is 10.0. The summed E-state index contributed by atoms with van der Waals surface area (Å²) in [5.74, 6) is -0.658. The molecule has 3 heteroatoms. The summed E-state index contributed by atoms with van der Waals surface area (Å²) in [6.07, 6.45) is 31.7. The average molecular weight is 411 g/mol. The lowest BCUT2D eigenvalue weighted by Crippen LogP contribution is -1.93. The summed E-state index contributed by atoms with van der Waals surface area (Å²) >= 11 is 0. The molecule has 0 rings (SSSR count). The molecule has 0 radical (unpaired) electrons. The number of aliphatic hydroxyl groups excluding tert-OH is 1. The first-order valence-corrected chi connectivity index (χ1v) is 12.7. The van der Waals surface area contributed by atoms with E-state index < -0.39 is 5.97 Å². The SMILES string of the molecule is O=C(O)CCCCCCCCCCCCCC/C=C/CCCCCCCCCO. The third kappa shape index (κ3) is 27.2. The van der Waals surface area contributed by atoms with Gasteiger partial charge in [-0.3, -0.25) is 4.79 Å². The number of hydrogen-bond acceptors (Lipinski definition) is 2. The molecule has 2 N–H and O–H groups in total. The Hall–Kier alpha value is -0.830. The lowest BCUT2D eigenvalue weighted by molar-refractivity contribution is -0.137. The first-order chi connectivity index (χ1) is 14.3. The highest BCUT2D eigenvalue weighted by Gasteiger charge is 1.97. The maximum absolute atomic E-state index is 10.4. The van der Waals surface area contributed by atoms with Crippen LogP contribution in [-0.2, 0) is 4.79 Å². The number of aliphatic carboxylic acids is 1. The van der Waals surface area contributed by atoms with Gasteiger partial charge in [-0.05, 0) is 38.5 Å². The van der Waals surface area contributed by atoms with Gasteiger partial charge in [-0.1, -0.05) is 108 Å². The van der Waals surface area contributed by atoms with Crippen LogP contribution in [0.2, 0.25) is 0 Å². The first-order valence-electron chi connectivity index (χ1n) is 12.7. The van der Waals surface area contributed by atoms with E-state index in [1.807, 2.05) is 0 Å². The van der Waals surface area contributed by atoms with Crippen LogP contribution < -0.4 is 0 Å². The molecular weight excluding hydrogens is 360 g/mol. The fraction of sp³-hybridized carbons (Fsp3) is 0.885. The molecule has 29 heavy (non-hydrogen) atoms. The number of hydrogen-bond donors (Lipinski definition) is 2. The number of rotatable bonds is 24. The van der Waals surface area contributed by atoms with Gasteiger partial charge in [0.25, 0.3) is 0 Å². The molecule has 0 aliphatic heterocycles. The van der Waals surface area contributed by atoms with Gasteiger partial charge >= 0.3 is 5.97 Å². The molecule has 0 atom stereocenters. The zero-order valence-electron chi connectivity index (χ0n) is 19.2.